The van der Waals surface area contributed by atoms with Crippen molar-refractivity contribution >= 4 is 17.3 Å². The first-order valence-electron chi connectivity index (χ1n) is 8.68. The van der Waals surface area contributed by atoms with E-state index < -0.39 is 0 Å². The fourth-order valence-corrected chi connectivity index (χ4v) is 3.00. The van der Waals surface area contributed by atoms with Crippen LogP contribution in [0, 0.1) is 6.92 Å². The van der Waals surface area contributed by atoms with Crippen molar-refractivity contribution in [2.75, 3.05) is 44.3 Å². The second-order valence-electron chi connectivity index (χ2n) is 6.80. The van der Waals surface area contributed by atoms with Crippen LogP contribution in [0.4, 0.5) is 11.4 Å². The Bertz CT molecular complexity index is 734. The number of piperazine rings is 1. The second-order valence-corrected chi connectivity index (χ2v) is 6.80. The minimum atomic E-state index is -0.111. The molecule has 1 saturated heterocycles. The molecule has 3 N–H and O–H groups in total. The lowest BCUT2D eigenvalue weighted by atomic mass is 10.1. The van der Waals surface area contributed by atoms with Gasteiger partial charge in [-0.05, 0) is 55.4 Å². The number of nitrogens with two attached hydrogens (primary N) is 1. The highest BCUT2D eigenvalue weighted by Gasteiger charge is 2.15. The van der Waals surface area contributed by atoms with Crippen molar-refractivity contribution in [3.8, 4) is 0 Å². The summed E-state index contributed by atoms with van der Waals surface area (Å²) in [5.41, 5.74) is 10.1. The minimum Gasteiger partial charge on any atom is -0.399 e. The molecule has 3 rings (SSSR count). The molecule has 2 aromatic rings. The molecule has 5 nitrogen and oxygen atoms in total. The molecule has 0 saturated carbocycles. The number of carbonyl (C=O) groups excluding carboxylic acids is 1. The maximum Gasteiger partial charge on any atom is 0.255 e. The van der Waals surface area contributed by atoms with Gasteiger partial charge in [-0.1, -0.05) is 12.1 Å². The Morgan fingerprint density at radius 1 is 1.08 bits per heavy atom. The number of amides is 1. The molecule has 2 aromatic carbocycles. The fraction of sp³-hybridized carbons (Fsp3) is 0.350. The number of anilines is 2. The Kier molecular flexibility index (Phi) is 5.36. The third kappa shape index (κ3) is 4.59. The van der Waals surface area contributed by atoms with Gasteiger partial charge in [0.15, 0.2) is 0 Å². The first-order valence-corrected chi connectivity index (χ1v) is 8.68. The Morgan fingerprint density at radius 3 is 2.44 bits per heavy atom. The highest BCUT2D eigenvalue weighted by Crippen LogP contribution is 2.20. The van der Waals surface area contributed by atoms with Crippen molar-refractivity contribution in [3.05, 3.63) is 59.2 Å². The van der Waals surface area contributed by atoms with Crippen LogP contribution in [0.15, 0.2) is 42.5 Å². The third-order valence-electron chi connectivity index (χ3n) is 4.73. The van der Waals surface area contributed by atoms with E-state index in [9.17, 15) is 4.79 Å². The number of rotatable bonds is 4. The number of aryl methyl sites for hydroxylation is 1. The Morgan fingerprint density at radius 2 is 1.76 bits per heavy atom. The van der Waals surface area contributed by atoms with E-state index in [0.717, 1.165) is 44.0 Å². The van der Waals surface area contributed by atoms with Crippen molar-refractivity contribution in [1.82, 2.24) is 9.80 Å². The predicted octanol–water partition coefficient (Wildman–Crippen LogP) is 2.58. The normalized spacial score (nSPS) is 15.9. The fourth-order valence-electron chi connectivity index (χ4n) is 3.00. The van der Waals surface area contributed by atoms with Crippen molar-refractivity contribution in [1.29, 1.82) is 0 Å². The highest BCUT2D eigenvalue weighted by molar-refractivity contribution is 6.04. The summed E-state index contributed by atoms with van der Waals surface area (Å²) in [7, 11) is 2.16. The van der Waals surface area contributed by atoms with E-state index in [1.807, 2.05) is 6.92 Å². The molecule has 1 amide bonds. The Labute approximate surface area is 149 Å². The number of hydrogen-bond acceptors (Lipinski definition) is 4. The molecule has 1 fully saturated rings. The SMILES string of the molecule is Cc1ccc(CN2CCN(C)CC2)cc1NC(=O)c1ccc(N)cc1. The number of carbonyl (C=O) groups is 1. The lowest BCUT2D eigenvalue weighted by molar-refractivity contribution is 0.102. The molecule has 1 aliphatic rings. The molecule has 0 spiro atoms. The zero-order chi connectivity index (χ0) is 17.8. The van der Waals surface area contributed by atoms with E-state index in [-0.39, 0.29) is 5.91 Å². The third-order valence-corrected chi connectivity index (χ3v) is 4.73. The van der Waals surface area contributed by atoms with Crippen LogP contribution < -0.4 is 11.1 Å². The molecule has 25 heavy (non-hydrogen) atoms. The number of likely N-dealkylation sites (N-methyl/N-ethyl adjacent to an activating group) is 1. The smallest absolute Gasteiger partial charge is 0.255 e. The van der Waals surface area contributed by atoms with E-state index in [1.54, 1.807) is 24.3 Å². The van der Waals surface area contributed by atoms with Crippen LogP contribution in [-0.2, 0) is 6.54 Å². The first-order chi connectivity index (χ1) is 12.0. The van der Waals surface area contributed by atoms with Gasteiger partial charge >= 0.3 is 0 Å². The van der Waals surface area contributed by atoms with Gasteiger partial charge in [-0.15, -0.1) is 0 Å². The van der Waals surface area contributed by atoms with Crippen molar-refractivity contribution < 1.29 is 4.79 Å². The summed E-state index contributed by atoms with van der Waals surface area (Å²) in [6.45, 7) is 7.30. The predicted molar refractivity (Wildman–Crippen MR) is 103 cm³/mol. The van der Waals surface area contributed by atoms with Crippen LogP contribution in [0.2, 0.25) is 0 Å². The summed E-state index contributed by atoms with van der Waals surface area (Å²) < 4.78 is 0. The van der Waals surface area contributed by atoms with Crippen LogP contribution in [0.3, 0.4) is 0 Å². The molecule has 0 aliphatic carbocycles. The van der Waals surface area contributed by atoms with Crippen LogP contribution in [-0.4, -0.2) is 48.9 Å². The summed E-state index contributed by atoms with van der Waals surface area (Å²) in [5, 5.41) is 3.02. The second kappa shape index (κ2) is 7.68. The largest absolute Gasteiger partial charge is 0.399 e. The van der Waals surface area contributed by atoms with Gasteiger partial charge in [0.1, 0.15) is 0 Å². The summed E-state index contributed by atoms with van der Waals surface area (Å²) in [4.78, 5) is 17.3. The summed E-state index contributed by atoms with van der Waals surface area (Å²) in [5.74, 6) is -0.111. The average Bonchev–Trinajstić information content (AvgIpc) is 2.60. The van der Waals surface area contributed by atoms with E-state index in [0.29, 0.717) is 11.3 Å². The Hall–Kier alpha value is -2.37. The van der Waals surface area contributed by atoms with Crippen LogP contribution in [0.1, 0.15) is 21.5 Å². The quantitative estimate of drug-likeness (QED) is 0.841. The maximum atomic E-state index is 12.4. The number of nitrogen functional groups attached to an aromatic ring is 1. The van der Waals surface area contributed by atoms with Gasteiger partial charge in [0.2, 0.25) is 0 Å². The Balaban J connectivity index is 1.68. The molecule has 1 heterocycles. The standard InChI is InChI=1S/C20H26N4O/c1-15-3-4-16(14-24-11-9-23(2)10-12-24)13-19(15)22-20(25)17-5-7-18(21)8-6-17/h3-8,13H,9-12,14,21H2,1-2H3,(H,22,25). The van der Waals surface area contributed by atoms with Gasteiger partial charge in [-0.25, -0.2) is 0 Å². The van der Waals surface area contributed by atoms with E-state index in [1.165, 1.54) is 5.56 Å². The van der Waals surface area contributed by atoms with Crippen LogP contribution in [0.5, 0.6) is 0 Å². The van der Waals surface area contributed by atoms with Gasteiger partial charge in [0.05, 0.1) is 0 Å². The zero-order valence-corrected chi connectivity index (χ0v) is 15.0. The number of benzene rings is 2. The van der Waals surface area contributed by atoms with Crippen molar-refractivity contribution in [2.24, 2.45) is 0 Å². The molecule has 0 radical (unpaired) electrons. The van der Waals surface area contributed by atoms with Gasteiger partial charge < -0.3 is 16.0 Å². The van der Waals surface area contributed by atoms with Gasteiger partial charge in [-0.3, -0.25) is 9.69 Å². The van der Waals surface area contributed by atoms with Crippen molar-refractivity contribution in [2.45, 2.75) is 13.5 Å². The molecule has 0 atom stereocenters. The molecule has 1 aliphatic heterocycles. The molecule has 0 unspecified atom stereocenters. The number of nitrogens with one attached hydrogen (secondary N) is 1. The summed E-state index contributed by atoms with van der Waals surface area (Å²) in [6, 6.07) is 13.3. The van der Waals surface area contributed by atoms with Crippen LogP contribution >= 0.6 is 0 Å². The molecule has 5 heteroatoms. The number of hydrogen-bond donors (Lipinski definition) is 2. The monoisotopic (exact) mass is 338 g/mol. The summed E-state index contributed by atoms with van der Waals surface area (Å²) >= 11 is 0. The number of nitrogens with zero attached hydrogens (tertiary/aromatic N) is 2. The lowest BCUT2D eigenvalue weighted by Gasteiger charge is -2.32. The van der Waals surface area contributed by atoms with Gasteiger partial charge in [0.25, 0.3) is 5.91 Å². The zero-order valence-electron chi connectivity index (χ0n) is 15.0. The van der Waals surface area contributed by atoms with E-state index >= 15 is 0 Å². The molecular weight excluding hydrogens is 312 g/mol. The molecule has 0 bridgehead atoms. The van der Waals surface area contributed by atoms with Gasteiger partial charge in [0, 0.05) is 49.7 Å². The minimum absolute atomic E-state index is 0.111. The topological polar surface area (TPSA) is 61.6 Å². The molecular formula is C20H26N4O. The van der Waals surface area contributed by atoms with Crippen molar-refractivity contribution in [3.63, 3.8) is 0 Å². The maximum absolute atomic E-state index is 12.4. The highest BCUT2D eigenvalue weighted by atomic mass is 16.1. The van der Waals surface area contributed by atoms with E-state index in [4.69, 9.17) is 5.73 Å². The van der Waals surface area contributed by atoms with Gasteiger partial charge in [-0.2, -0.15) is 0 Å². The lowest BCUT2D eigenvalue weighted by Crippen LogP contribution is -2.43. The molecule has 0 aromatic heterocycles. The first kappa shape index (κ1) is 17.5. The average molecular weight is 338 g/mol. The molecule has 132 valence electrons. The summed E-state index contributed by atoms with van der Waals surface area (Å²) in [6.07, 6.45) is 0. The van der Waals surface area contributed by atoms with E-state index in [2.05, 4.69) is 40.4 Å². The van der Waals surface area contributed by atoms with Crippen LogP contribution in [0.25, 0.3) is 0 Å².